The molecule has 2 heterocycles. The molecule has 1 saturated heterocycles. The molecule has 86 valence electrons. The van der Waals surface area contributed by atoms with Crippen LogP contribution in [0.2, 0.25) is 0 Å². The predicted octanol–water partition coefficient (Wildman–Crippen LogP) is -0.0357. The summed E-state index contributed by atoms with van der Waals surface area (Å²) >= 11 is 0. The molecule has 1 fully saturated rings. The van der Waals surface area contributed by atoms with Crippen molar-refractivity contribution in [3.8, 4) is 0 Å². The number of aromatic nitrogens is 1. The third-order valence-electron chi connectivity index (χ3n) is 2.60. The van der Waals surface area contributed by atoms with E-state index in [1.165, 1.54) is 4.90 Å². The maximum Gasteiger partial charge on any atom is 0.272 e. The normalized spacial score (nSPS) is 15.8. The highest BCUT2D eigenvalue weighted by molar-refractivity contribution is 5.92. The highest BCUT2D eigenvalue weighted by atomic mass is 16.3. The lowest BCUT2D eigenvalue weighted by molar-refractivity contribution is 0.0822. The van der Waals surface area contributed by atoms with Crippen molar-refractivity contribution in [2.75, 3.05) is 32.1 Å². The molecule has 5 nitrogen and oxygen atoms in total. The molecule has 0 unspecified atom stereocenters. The fourth-order valence-electron chi connectivity index (χ4n) is 1.63. The number of nitrogens with zero attached hydrogens (tertiary/aromatic N) is 3. The molecular formula is C11H15N3O2. The maximum atomic E-state index is 11.7. The minimum Gasteiger partial charge on any atom is -0.389 e. The van der Waals surface area contributed by atoms with Gasteiger partial charge in [0.05, 0.1) is 6.10 Å². The number of β-amino-alcohol motifs (C(OH)–C–C–N with tert-alkyl or cyclic N) is 1. The Balaban J connectivity index is 2.17. The Hall–Kier alpha value is -1.62. The number of aliphatic hydroxyl groups is 1. The lowest BCUT2D eigenvalue weighted by Crippen LogP contribution is -2.50. The maximum absolute atomic E-state index is 11.7. The van der Waals surface area contributed by atoms with E-state index in [1.807, 2.05) is 11.0 Å². The number of rotatable bonds is 2. The summed E-state index contributed by atoms with van der Waals surface area (Å²) in [5.74, 6) is -0.108. The Kier molecular flexibility index (Phi) is 2.78. The third kappa shape index (κ3) is 1.99. The minimum atomic E-state index is -0.249. The Labute approximate surface area is 94.3 Å². The van der Waals surface area contributed by atoms with Gasteiger partial charge < -0.3 is 14.9 Å². The topological polar surface area (TPSA) is 56.7 Å². The first kappa shape index (κ1) is 10.9. The van der Waals surface area contributed by atoms with E-state index in [9.17, 15) is 9.90 Å². The van der Waals surface area contributed by atoms with Crippen molar-refractivity contribution in [2.24, 2.45) is 0 Å². The summed E-state index contributed by atoms with van der Waals surface area (Å²) in [5, 5.41) is 9.21. The molecule has 1 aromatic rings. The second kappa shape index (κ2) is 4.09. The van der Waals surface area contributed by atoms with Gasteiger partial charge in [0.25, 0.3) is 5.91 Å². The Bertz CT molecular complexity index is 400. The van der Waals surface area contributed by atoms with Crippen LogP contribution in [0.5, 0.6) is 0 Å². The van der Waals surface area contributed by atoms with Gasteiger partial charge in [-0.2, -0.15) is 0 Å². The van der Waals surface area contributed by atoms with Gasteiger partial charge in [-0.1, -0.05) is 0 Å². The van der Waals surface area contributed by atoms with E-state index in [4.69, 9.17) is 0 Å². The average molecular weight is 221 g/mol. The van der Waals surface area contributed by atoms with Gasteiger partial charge in [-0.05, 0) is 12.1 Å². The lowest BCUT2D eigenvalue weighted by atomic mass is 10.1. The largest absolute Gasteiger partial charge is 0.389 e. The molecule has 1 aliphatic heterocycles. The molecule has 0 bridgehead atoms. The summed E-state index contributed by atoms with van der Waals surface area (Å²) in [6.45, 7) is 1.25. The average Bonchev–Trinajstić information content (AvgIpc) is 2.24. The molecule has 0 aliphatic carbocycles. The Morgan fingerprint density at radius 1 is 1.56 bits per heavy atom. The molecule has 1 aromatic heterocycles. The summed E-state index contributed by atoms with van der Waals surface area (Å²) in [6.07, 6.45) is 1.37. The zero-order chi connectivity index (χ0) is 11.7. The number of hydrogen-bond donors (Lipinski definition) is 1. The van der Waals surface area contributed by atoms with Crippen LogP contribution in [-0.4, -0.2) is 54.2 Å². The van der Waals surface area contributed by atoms with Crippen LogP contribution in [-0.2, 0) is 0 Å². The van der Waals surface area contributed by atoms with Crippen LogP contribution < -0.4 is 4.90 Å². The van der Waals surface area contributed by atoms with Crippen molar-refractivity contribution in [1.82, 2.24) is 9.88 Å². The van der Waals surface area contributed by atoms with Crippen LogP contribution in [0.1, 0.15) is 10.5 Å². The van der Waals surface area contributed by atoms with Gasteiger partial charge in [0, 0.05) is 39.1 Å². The second-order valence-corrected chi connectivity index (χ2v) is 4.16. The van der Waals surface area contributed by atoms with Gasteiger partial charge in [0.2, 0.25) is 0 Å². The standard InChI is InChI=1S/C11H15N3O2/c1-13(2)11(16)10-5-8(3-4-12-10)14-6-9(15)7-14/h3-5,9,15H,6-7H2,1-2H3. The van der Waals surface area contributed by atoms with E-state index in [0.717, 1.165) is 5.69 Å². The molecule has 0 spiro atoms. The monoisotopic (exact) mass is 221 g/mol. The first-order valence-corrected chi connectivity index (χ1v) is 5.18. The molecule has 1 N–H and O–H groups in total. The van der Waals surface area contributed by atoms with Crippen molar-refractivity contribution in [2.45, 2.75) is 6.10 Å². The predicted molar refractivity (Wildman–Crippen MR) is 60.5 cm³/mol. The van der Waals surface area contributed by atoms with Crippen molar-refractivity contribution in [1.29, 1.82) is 0 Å². The molecule has 5 heteroatoms. The number of carbonyl (C=O) groups excluding carboxylic acids is 1. The minimum absolute atomic E-state index is 0.108. The van der Waals surface area contributed by atoms with E-state index in [-0.39, 0.29) is 12.0 Å². The first-order valence-electron chi connectivity index (χ1n) is 5.18. The van der Waals surface area contributed by atoms with E-state index in [2.05, 4.69) is 4.98 Å². The Morgan fingerprint density at radius 2 is 2.25 bits per heavy atom. The quantitative estimate of drug-likeness (QED) is 0.761. The number of anilines is 1. The van der Waals surface area contributed by atoms with Gasteiger partial charge >= 0.3 is 0 Å². The van der Waals surface area contributed by atoms with Crippen molar-refractivity contribution < 1.29 is 9.90 Å². The van der Waals surface area contributed by atoms with Crippen molar-refractivity contribution >= 4 is 11.6 Å². The fraction of sp³-hybridized carbons (Fsp3) is 0.455. The number of pyridine rings is 1. The van der Waals surface area contributed by atoms with Gasteiger partial charge in [0.1, 0.15) is 5.69 Å². The number of aliphatic hydroxyl groups excluding tert-OH is 1. The van der Waals surface area contributed by atoms with Crippen molar-refractivity contribution in [3.63, 3.8) is 0 Å². The first-order chi connectivity index (χ1) is 7.58. The molecule has 1 aliphatic rings. The molecule has 2 rings (SSSR count). The number of amides is 1. The van der Waals surface area contributed by atoms with Gasteiger partial charge in [-0.25, -0.2) is 0 Å². The molecule has 1 amide bonds. The van der Waals surface area contributed by atoms with Gasteiger partial charge in [0.15, 0.2) is 0 Å². The van der Waals surface area contributed by atoms with Gasteiger partial charge in [-0.15, -0.1) is 0 Å². The molecule has 0 atom stereocenters. The summed E-state index contributed by atoms with van der Waals surface area (Å²) < 4.78 is 0. The van der Waals surface area contributed by atoms with Crippen LogP contribution in [0.3, 0.4) is 0 Å². The SMILES string of the molecule is CN(C)C(=O)c1cc(N2CC(O)C2)ccn1. The highest BCUT2D eigenvalue weighted by Gasteiger charge is 2.25. The number of hydrogen-bond acceptors (Lipinski definition) is 4. The summed E-state index contributed by atoms with van der Waals surface area (Å²) in [6, 6.07) is 3.60. The molecule has 0 saturated carbocycles. The van der Waals surface area contributed by atoms with Crippen LogP contribution >= 0.6 is 0 Å². The molecule has 16 heavy (non-hydrogen) atoms. The molecular weight excluding hydrogens is 206 g/mol. The molecule has 0 aromatic carbocycles. The van der Waals surface area contributed by atoms with Crippen LogP contribution in [0, 0.1) is 0 Å². The van der Waals surface area contributed by atoms with Crippen LogP contribution in [0.15, 0.2) is 18.3 Å². The van der Waals surface area contributed by atoms with Crippen LogP contribution in [0.4, 0.5) is 5.69 Å². The zero-order valence-electron chi connectivity index (χ0n) is 9.42. The summed E-state index contributed by atoms with van der Waals surface area (Å²) in [4.78, 5) is 19.2. The van der Waals surface area contributed by atoms with E-state index in [0.29, 0.717) is 18.8 Å². The van der Waals surface area contributed by atoms with Crippen LogP contribution in [0.25, 0.3) is 0 Å². The van der Waals surface area contributed by atoms with Crippen molar-refractivity contribution in [3.05, 3.63) is 24.0 Å². The fourth-order valence-corrected chi connectivity index (χ4v) is 1.63. The Morgan fingerprint density at radius 3 is 2.81 bits per heavy atom. The number of carbonyl (C=O) groups is 1. The molecule has 0 radical (unpaired) electrons. The van der Waals surface area contributed by atoms with E-state index >= 15 is 0 Å². The van der Waals surface area contributed by atoms with E-state index < -0.39 is 0 Å². The summed E-state index contributed by atoms with van der Waals surface area (Å²) in [5.41, 5.74) is 1.37. The smallest absolute Gasteiger partial charge is 0.272 e. The third-order valence-corrected chi connectivity index (χ3v) is 2.60. The van der Waals surface area contributed by atoms with Gasteiger partial charge in [-0.3, -0.25) is 9.78 Å². The second-order valence-electron chi connectivity index (χ2n) is 4.16. The summed E-state index contributed by atoms with van der Waals surface area (Å²) in [7, 11) is 3.40. The van der Waals surface area contributed by atoms with E-state index in [1.54, 1.807) is 26.4 Å². The highest BCUT2D eigenvalue weighted by Crippen LogP contribution is 2.21. The zero-order valence-corrected chi connectivity index (χ0v) is 9.42. The lowest BCUT2D eigenvalue weighted by Gasteiger charge is -2.37.